The topological polar surface area (TPSA) is 0 Å². The molecule has 292 valence electrons. The van der Waals surface area contributed by atoms with E-state index in [2.05, 4.69) is 224 Å². The monoisotopic (exact) mass is 884 g/mol. The van der Waals surface area contributed by atoms with Crippen molar-refractivity contribution in [1.29, 1.82) is 0 Å². The Hall–Kier alpha value is -4.52. The minimum absolute atomic E-state index is 0.0400. The minimum atomic E-state index is -0.551. The molecule has 1 unspecified atom stereocenters. The van der Waals surface area contributed by atoms with E-state index in [-0.39, 0.29) is 10.8 Å². The number of allylic oxidation sites excluding steroid dienone is 1. The number of hydrogen-bond donors (Lipinski definition) is 0. The highest BCUT2D eigenvalue weighted by Crippen LogP contribution is 2.61. The third kappa shape index (κ3) is 7.59. The van der Waals surface area contributed by atoms with E-state index in [1.807, 2.05) is 0 Å². The van der Waals surface area contributed by atoms with Crippen LogP contribution in [0.1, 0.15) is 138 Å². The summed E-state index contributed by atoms with van der Waals surface area (Å²) in [5.41, 5.74) is 32.3. The van der Waals surface area contributed by atoms with Crippen molar-refractivity contribution in [1.82, 2.24) is 0 Å². The Morgan fingerprint density at radius 3 is 1.57 bits per heavy atom. The smallest absolute Gasteiger partial charge is 0.0687 e. The first kappa shape index (κ1) is 41.6. The molecule has 0 N–H and O–H groups in total. The molecule has 0 bridgehead atoms. The lowest BCUT2D eigenvalue weighted by Gasteiger charge is -2.35. The summed E-state index contributed by atoms with van der Waals surface area (Å²) < 4.78 is 2.16. The zero-order chi connectivity index (χ0) is 41.3. The molecule has 2 heteroatoms. The lowest BCUT2D eigenvalue weighted by atomic mass is 9.66. The third-order valence-electron chi connectivity index (χ3n) is 12.4. The maximum Gasteiger partial charge on any atom is 0.0714 e. The average Bonchev–Trinajstić information content (AvgIpc) is 3.62. The lowest BCUT2D eigenvalue weighted by Crippen LogP contribution is -2.29. The zero-order valence-corrected chi connectivity index (χ0v) is 38.4. The van der Waals surface area contributed by atoms with Crippen molar-refractivity contribution in [3.8, 4) is 22.3 Å². The Morgan fingerprint density at radius 1 is 0.534 bits per heavy atom. The van der Waals surface area contributed by atoms with Crippen molar-refractivity contribution < 1.29 is 0 Å². The molecule has 2 aliphatic carbocycles. The summed E-state index contributed by atoms with van der Waals surface area (Å²) in [7, 11) is 0. The molecule has 0 spiro atoms. The van der Waals surface area contributed by atoms with Crippen LogP contribution in [0.15, 0.2) is 153 Å². The van der Waals surface area contributed by atoms with Crippen molar-refractivity contribution in [2.24, 2.45) is 0 Å². The third-order valence-corrected chi connectivity index (χ3v) is 13.4. The second-order valence-corrected chi connectivity index (χ2v) is 20.0. The van der Waals surface area contributed by atoms with Crippen LogP contribution in [0.4, 0.5) is 0 Å². The first-order chi connectivity index (χ1) is 27.8. The van der Waals surface area contributed by atoms with Gasteiger partial charge in [0.1, 0.15) is 0 Å². The number of rotatable bonds is 10. The highest BCUT2D eigenvalue weighted by atomic mass is 79.9. The average molecular weight is 887 g/mol. The van der Waals surface area contributed by atoms with Crippen LogP contribution in [0.2, 0.25) is 0 Å². The van der Waals surface area contributed by atoms with Gasteiger partial charge in [0.15, 0.2) is 0 Å². The fourth-order valence-electron chi connectivity index (χ4n) is 9.41. The van der Waals surface area contributed by atoms with Gasteiger partial charge >= 0.3 is 0 Å². The molecule has 0 saturated carbocycles. The molecule has 0 amide bonds. The molecule has 1 atom stereocenters. The predicted octanol–water partition coefficient (Wildman–Crippen LogP) is 16.3. The van der Waals surface area contributed by atoms with Crippen LogP contribution < -0.4 is 0 Å². The van der Waals surface area contributed by atoms with E-state index in [0.29, 0.717) is 0 Å². The number of unbranched alkanes of at least 4 members (excludes halogenated alkanes) is 5. The molecule has 7 rings (SSSR count). The molecular formula is C56H54Br2. The normalized spacial score (nSPS) is 15.7. The summed E-state index contributed by atoms with van der Waals surface area (Å²) in [5.74, 6) is 0. The van der Waals surface area contributed by atoms with Crippen LogP contribution in [0, 0.1) is 0 Å². The molecule has 0 fully saturated rings. The Bertz CT molecular complexity index is 2540. The number of fused-ring (bicyclic) bond motifs is 6. The Labute approximate surface area is 364 Å². The Kier molecular flexibility index (Phi) is 11.9. The highest BCUT2D eigenvalue weighted by Gasteiger charge is 2.50. The van der Waals surface area contributed by atoms with Crippen molar-refractivity contribution in [2.75, 3.05) is 0 Å². The van der Waals surface area contributed by atoms with E-state index in [1.54, 1.807) is 0 Å². The van der Waals surface area contributed by atoms with Crippen LogP contribution in [0.25, 0.3) is 22.3 Å². The molecule has 58 heavy (non-hydrogen) atoms. The standard InChI is InChI=1S/C56H54Br2/c1-9-11-13-15-17-19-33-55(34-20-18-16-14-12-10-2)49-35-43(57)29-31-45(49)47-38-52-48(37-50(47)55)46-32-30-44(58)36-51(46)56(52,41-25-21-39(22-26-41)53(3,4)5)42-27-23-40(24-28-42)54(6,7)8/h21-33,35-38H,1,10,12,14,16,18,20,34H2,2-8H3. The maximum absolute atomic E-state index is 3.94. The fraction of sp³-hybridized carbons (Fsp3) is 0.321. The van der Waals surface area contributed by atoms with E-state index in [4.69, 9.17) is 0 Å². The second kappa shape index (κ2) is 16.6. The van der Waals surface area contributed by atoms with E-state index in [1.165, 1.54) is 98.9 Å². The molecule has 5 aromatic rings. The van der Waals surface area contributed by atoms with Crippen LogP contribution in [0.5, 0.6) is 0 Å². The van der Waals surface area contributed by atoms with Gasteiger partial charge in [0.25, 0.3) is 0 Å². The summed E-state index contributed by atoms with van der Waals surface area (Å²) in [5, 5.41) is 0. The maximum atomic E-state index is 3.94. The SMILES string of the molecule is C=C=C=C=C=C=C=CC1(CCCCCCCC)c2cc(Br)ccc2-c2cc3c(cc21)-c1ccc(Br)cc1C3(c1ccc(C(C)(C)C)cc1)c1ccc(C(C)(C)C)cc1. The first-order valence-corrected chi connectivity index (χ1v) is 22.5. The van der Waals surface area contributed by atoms with E-state index in [0.717, 1.165) is 21.8 Å². The predicted molar refractivity (Wildman–Crippen MR) is 252 cm³/mol. The van der Waals surface area contributed by atoms with Gasteiger partial charge in [0, 0.05) is 14.4 Å². The number of benzene rings is 5. The molecule has 0 saturated heterocycles. The van der Waals surface area contributed by atoms with Gasteiger partial charge in [-0.1, -0.05) is 191 Å². The molecule has 5 aromatic carbocycles. The molecule has 0 heterocycles. The van der Waals surface area contributed by atoms with E-state index >= 15 is 0 Å². The molecular weight excluding hydrogens is 832 g/mol. The Morgan fingerprint density at radius 2 is 1.00 bits per heavy atom. The van der Waals surface area contributed by atoms with Gasteiger partial charge in [-0.15, -0.1) is 0 Å². The van der Waals surface area contributed by atoms with E-state index < -0.39 is 10.8 Å². The van der Waals surface area contributed by atoms with Gasteiger partial charge in [0.05, 0.1) is 5.41 Å². The molecule has 0 nitrogen and oxygen atoms in total. The summed E-state index contributed by atoms with van der Waals surface area (Å²) in [6, 6.07) is 37.8. The number of halogens is 2. The van der Waals surface area contributed by atoms with Gasteiger partial charge in [0.2, 0.25) is 0 Å². The van der Waals surface area contributed by atoms with Crippen molar-refractivity contribution in [3.63, 3.8) is 0 Å². The fourth-order valence-corrected chi connectivity index (χ4v) is 10.1. The van der Waals surface area contributed by atoms with Crippen LogP contribution >= 0.6 is 31.9 Å². The zero-order valence-electron chi connectivity index (χ0n) is 35.2. The van der Waals surface area contributed by atoms with Gasteiger partial charge in [-0.25, -0.2) is 0 Å². The van der Waals surface area contributed by atoms with Crippen LogP contribution in [-0.2, 0) is 21.7 Å². The largest absolute Gasteiger partial charge is 0.0714 e. The van der Waals surface area contributed by atoms with Gasteiger partial charge in [-0.3, -0.25) is 0 Å². The summed E-state index contributed by atoms with van der Waals surface area (Å²) in [6.45, 7) is 19.6. The summed E-state index contributed by atoms with van der Waals surface area (Å²) in [4.78, 5) is 0. The van der Waals surface area contributed by atoms with Gasteiger partial charge in [-0.05, 0) is 156 Å². The highest BCUT2D eigenvalue weighted by molar-refractivity contribution is 9.10. The first-order valence-electron chi connectivity index (χ1n) is 20.9. The van der Waals surface area contributed by atoms with Crippen molar-refractivity contribution in [2.45, 2.75) is 115 Å². The van der Waals surface area contributed by atoms with Gasteiger partial charge < -0.3 is 0 Å². The molecule has 2 aliphatic rings. The van der Waals surface area contributed by atoms with E-state index in [9.17, 15) is 0 Å². The van der Waals surface area contributed by atoms with Crippen molar-refractivity contribution >= 4 is 31.9 Å². The summed E-state index contributed by atoms with van der Waals surface area (Å²) >= 11 is 7.82. The van der Waals surface area contributed by atoms with Crippen LogP contribution in [-0.4, -0.2) is 0 Å². The molecule has 0 aromatic heterocycles. The summed E-state index contributed by atoms with van der Waals surface area (Å²) in [6.07, 6.45) is 10.6. The lowest BCUT2D eigenvalue weighted by molar-refractivity contribution is 0.518. The molecule has 0 radical (unpaired) electrons. The minimum Gasteiger partial charge on any atom is -0.0687 e. The number of hydrogen-bond acceptors (Lipinski definition) is 0. The quantitative estimate of drug-likeness (QED) is 0.0950. The van der Waals surface area contributed by atoms with Crippen LogP contribution in [0.3, 0.4) is 0 Å². The second-order valence-electron chi connectivity index (χ2n) is 18.2. The molecule has 0 aliphatic heterocycles. The van der Waals surface area contributed by atoms with Gasteiger partial charge in [-0.2, -0.15) is 0 Å². The Balaban J connectivity index is 1.56. The van der Waals surface area contributed by atoms with Crippen molar-refractivity contribution in [3.05, 3.63) is 198 Å².